The molecule has 1 aliphatic rings. The maximum Gasteiger partial charge on any atom is 0.0330 e. The molecule has 1 N–H and O–H groups in total. The summed E-state index contributed by atoms with van der Waals surface area (Å²) in [6.07, 6.45) is 4.08. The molecule has 1 fully saturated rings. The van der Waals surface area contributed by atoms with Crippen LogP contribution in [0.15, 0.2) is 6.07 Å². The number of thiophene rings is 1. The van der Waals surface area contributed by atoms with Gasteiger partial charge in [0.1, 0.15) is 0 Å². The van der Waals surface area contributed by atoms with E-state index in [4.69, 9.17) is 0 Å². The van der Waals surface area contributed by atoms with Crippen molar-refractivity contribution in [3.8, 4) is 0 Å². The summed E-state index contributed by atoms with van der Waals surface area (Å²) >= 11 is 1.94. The molecule has 0 aromatic carbocycles. The van der Waals surface area contributed by atoms with Crippen molar-refractivity contribution < 1.29 is 0 Å². The van der Waals surface area contributed by atoms with Crippen LogP contribution >= 0.6 is 11.3 Å². The van der Waals surface area contributed by atoms with Crippen LogP contribution in [0.25, 0.3) is 0 Å². The fourth-order valence-electron chi connectivity index (χ4n) is 3.26. The van der Waals surface area contributed by atoms with Gasteiger partial charge in [-0.3, -0.25) is 0 Å². The fourth-order valence-corrected chi connectivity index (χ4v) is 4.28. The van der Waals surface area contributed by atoms with Gasteiger partial charge in [-0.1, -0.05) is 6.92 Å². The Morgan fingerprint density at radius 1 is 1.29 bits per heavy atom. The van der Waals surface area contributed by atoms with Gasteiger partial charge in [-0.25, -0.2) is 0 Å². The minimum atomic E-state index is 0.422. The van der Waals surface area contributed by atoms with Crippen LogP contribution in [0.2, 0.25) is 0 Å². The summed E-state index contributed by atoms with van der Waals surface area (Å²) in [6.45, 7) is 8.72. The van der Waals surface area contributed by atoms with Gasteiger partial charge < -0.3 is 15.1 Å². The van der Waals surface area contributed by atoms with E-state index in [1.54, 1.807) is 0 Å². The Kier molecular flexibility index (Phi) is 5.83. The molecule has 3 nitrogen and oxygen atoms in total. The van der Waals surface area contributed by atoms with Crippen molar-refractivity contribution in [1.29, 1.82) is 0 Å². The van der Waals surface area contributed by atoms with Gasteiger partial charge in [0.2, 0.25) is 0 Å². The van der Waals surface area contributed by atoms with Crippen molar-refractivity contribution in [3.63, 3.8) is 0 Å². The first-order chi connectivity index (χ1) is 9.97. The zero-order valence-corrected chi connectivity index (χ0v) is 15.1. The lowest BCUT2D eigenvalue weighted by Crippen LogP contribution is -2.56. The van der Waals surface area contributed by atoms with Crippen molar-refractivity contribution >= 4 is 11.3 Å². The Bertz CT molecular complexity index is 449. The molecule has 2 rings (SSSR count). The van der Waals surface area contributed by atoms with Gasteiger partial charge in [-0.15, -0.1) is 11.3 Å². The molecule has 0 unspecified atom stereocenters. The second-order valence-corrected chi connectivity index (χ2v) is 8.06. The molecule has 0 bridgehead atoms. The van der Waals surface area contributed by atoms with Crippen LogP contribution in [-0.2, 0) is 13.1 Å². The highest BCUT2D eigenvalue weighted by Gasteiger charge is 2.39. The molecule has 0 atom stereocenters. The summed E-state index contributed by atoms with van der Waals surface area (Å²) in [5, 5.41) is 3.42. The molecule has 4 heteroatoms. The molecule has 0 amide bonds. The molecule has 1 saturated carbocycles. The zero-order chi connectivity index (χ0) is 15.5. The topological polar surface area (TPSA) is 18.5 Å². The van der Waals surface area contributed by atoms with Crippen molar-refractivity contribution in [3.05, 3.63) is 21.4 Å². The van der Waals surface area contributed by atoms with E-state index in [1.165, 1.54) is 41.1 Å². The predicted octanol–water partition coefficient (Wildman–Crippen LogP) is 3.08. The third-order valence-corrected chi connectivity index (χ3v) is 5.95. The lowest BCUT2D eigenvalue weighted by molar-refractivity contribution is 0.0259. The number of hydrogen-bond donors (Lipinski definition) is 1. The molecular formula is C17H31N3S. The molecule has 120 valence electrons. The van der Waals surface area contributed by atoms with Gasteiger partial charge in [0, 0.05) is 34.9 Å². The summed E-state index contributed by atoms with van der Waals surface area (Å²) in [6, 6.07) is 2.39. The predicted molar refractivity (Wildman–Crippen MR) is 93.0 cm³/mol. The van der Waals surface area contributed by atoms with Crippen LogP contribution in [0.3, 0.4) is 0 Å². The van der Waals surface area contributed by atoms with Gasteiger partial charge in [-0.05, 0) is 65.5 Å². The Morgan fingerprint density at radius 2 is 2.00 bits per heavy atom. The van der Waals surface area contributed by atoms with Gasteiger partial charge in [0.15, 0.2) is 0 Å². The summed E-state index contributed by atoms with van der Waals surface area (Å²) in [5.41, 5.74) is 1.93. The number of likely N-dealkylation sites (N-methyl/N-ethyl adjacent to an activating group) is 2. The molecule has 0 radical (unpaired) electrons. The van der Waals surface area contributed by atoms with E-state index in [-0.39, 0.29) is 0 Å². The first kappa shape index (κ1) is 16.9. The van der Waals surface area contributed by atoms with Crippen molar-refractivity contribution in [1.82, 2.24) is 15.1 Å². The average molecular weight is 310 g/mol. The van der Waals surface area contributed by atoms with Crippen molar-refractivity contribution in [2.45, 2.75) is 51.7 Å². The van der Waals surface area contributed by atoms with Gasteiger partial charge in [0.25, 0.3) is 0 Å². The largest absolute Gasteiger partial charge is 0.312 e. The second kappa shape index (κ2) is 7.23. The van der Waals surface area contributed by atoms with Crippen molar-refractivity contribution in [2.75, 3.05) is 34.2 Å². The number of nitrogens with one attached hydrogen (secondary N) is 1. The maximum absolute atomic E-state index is 3.42. The first-order valence-electron chi connectivity index (χ1n) is 8.12. The van der Waals surface area contributed by atoms with Gasteiger partial charge in [0.05, 0.1) is 0 Å². The van der Waals surface area contributed by atoms with Crippen LogP contribution < -0.4 is 5.32 Å². The highest BCUT2D eigenvalue weighted by atomic mass is 32.1. The maximum atomic E-state index is 3.42. The van der Waals surface area contributed by atoms with Gasteiger partial charge >= 0.3 is 0 Å². The monoisotopic (exact) mass is 309 g/mol. The van der Waals surface area contributed by atoms with Crippen LogP contribution in [0.4, 0.5) is 0 Å². The van der Waals surface area contributed by atoms with Gasteiger partial charge in [-0.2, -0.15) is 0 Å². The molecule has 1 aromatic rings. The smallest absolute Gasteiger partial charge is 0.0330 e. The van der Waals surface area contributed by atoms with E-state index in [1.807, 2.05) is 11.3 Å². The van der Waals surface area contributed by atoms with E-state index in [0.29, 0.717) is 5.54 Å². The van der Waals surface area contributed by atoms with E-state index in [9.17, 15) is 0 Å². The van der Waals surface area contributed by atoms with Crippen LogP contribution in [0.1, 0.15) is 41.5 Å². The highest BCUT2D eigenvalue weighted by Crippen LogP contribution is 2.37. The summed E-state index contributed by atoms with van der Waals surface area (Å²) in [4.78, 5) is 7.88. The van der Waals surface area contributed by atoms with E-state index in [0.717, 1.165) is 19.6 Å². The lowest BCUT2D eigenvalue weighted by atomic mass is 9.75. The molecule has 1 heterocycles. The summed E-state index contributed by atoms with van der Waals surface area (Å²) < 4.78 is 0. The zero-order valence-electron chi connectivity index (χ0n) is 14.3. The molecular weight excluding hydrogens is 278 g/mol. The fraction of sp³-hybridized carbons (Fsp3) is 0.765. The average Bonchev–Trinajstić information content (AvgIpc) is 2.71. The SMILES string of the molecule is CCNCc1cc(CN(C)CC2(N(C)C)CCC2)c(C)s1. The molecule has 21 heavy (non-hydrogen) atoms. The Morgan fingerprint density at radius 3 is 2.52 bits per heavy atom. The number of aryl methyl sites for hydroxylation is 1. The number of hydrogen-bond acceptors (Lipinski definition) is 4. The first-order valence-corrected chi connectivity index (χ1v) is 8.93. The number of rotatable bonds is 8. The normalized spacial score (nSPS) is 17.5. The minimum absolute atomic E-state index is 0.422. The third-order valence-electron chi connectivity index (χ3n) is 4.86. The Hall–Kier alpha value is -0.420. The molecule has 1 aliphatic carbocycles. The lowest BCUT2D eigenvalue weighted by Gasteiger charge is -2.49. The number of nitrogens with zero attached hydrogens (tertiary/aromatic N) is 2. The highest BCUT2D eigenvalue weighted by molar-refractivity contribution is 7.12. The second-order valence-electron chi connectivity index (χ2n) is 6.72. The summed E-state index contributed by atoms with van der Waals surface area (Å²) in [7, 11) is 6.74. The molecule has 0 saturated heterocycles. The molecule has 0 aliphatic heterocycles. The summed E-state index contributed by atoms with van der Waals surface area (Å²) in [5.74, 6) is 0. The molecule has 0 spiro atoms. The Balaban J connectivity index is 1.93. The van der Waals surface area contributed by atoms with Crippen LogP contribution in [0, 0.1) is 6.92 Å². The van der Waals surface area contributed by atoms with Crippen LogP contribution in [-0.4, -0.2) is 49.6 Å². The van der Waals surface area contributed by atoms with Crippen LogP contribution in [0.5, 0.6) is 0 Å². The molecule has 1 aromatic heterocycles. The van der Waals surface area contributed by atoms with E-state index < -0.39 is 0 Å². The van der Waals surface area contributed by atoms with E-state index >= 15 is 0 Å². The van der Waals surface area contributed by atoms with E-state index in [2.05, 4.69) is 56.2 Å². The minimum Gasteiger partial charge on any atom is -0.312 e. The Labute approximate surface area is 134 Å². The quantitative estimate of drug-likeness (QED) is 0.796. The standard InChI is InChI=1S/C17H31N3S/c1-6-18-11-16-10-15(14(2)21-16)12-20(5)13-17(19(3)4)8-7-9-17/h10,18H,6-9,11-13H2,1-5H3. The van der Waals surface area contributed by atoms with Crippen molar-refractivity contribution in [2.24, 2.45) is 0 Å². The third kappa shape index (κ3) is 4.07.